The van der Waals surface area contributed by atoms with Crippen LogP contribution < -0.4 is 0 Å². The molecule has 5 rings (SSSR count). The summed E-state index contributed by atoms with van der Waals surface area (Å²) < 4.78 is 21.0. The number of carbonyl (C=O) groups is 1. The van der Waals surface area contributed by atoms with Gasteiger partial charge in [0.1, 0.15) is 29.8 Å². The van der Waals surface area contributed by atoms with Crippen LogP contribution in [0.25, 0.3) is 40.2 Å². The fourth-order valence-electron chi connectivity index (χ4n) is 3.97. The van der Waals surface area contributed by atoms with Crippen molar-refractivity contribution in [1.82, 2.24) is 19.5 Å². The van der Waals surface area contributed by atoms with Crippen molar-refractivity contribution in [1.29, 1.82) is 0 Å². The lowest BCUT2D eigenvalue weighted by molar-refractivity contribution is -0.156. The van der Waals surface area contributed by atoms with Crippen LogP contribution in [0.15, 0.2) is 79.3 Å². The predicted molar refractivity (Wildman–Crippen MR) is 125 cm³/mol. The van der Waals surface area contributed by atoms with Gasteiger partial charge in [0.05, 0.1) is 23.9 Å². The van der Waals surface area contributed by atoms with E-state index in [1.165, 1.54) is 18.5 Å². The Morgan fingerprint density at radius 1 is 1.06 bits per heavy atom. The number of esters is 1. The van der Waals surface area contributed by atoms with E-state index in [1.807, 2.05) is 34.9 Å². The van der Waals surface area contributed by atoms with Crippen molar-refractivity contribution in [3.8, 4) is 34.0 Å². The second kappa shape index (κ2) is 9.36. The molecule has 1 N–H and O–H groups in total. The summed E-state index contributed by atoms with van der Waals surface area (Å²) in [6, 6.07) is 17.5. The molecule has 1 saturated heterocycles. The van der Waals surface area contributed by atoms with Gasteiger partial charge in [-0.1, -0.05) is 30.3 Å². The molecule has 1 aliphatic heterocycles. The van der Waals surface area contributed by atoms with E-state index >= 15 is 0 Å². The Hall–Kier alpha value is -4.17. The number of nitrogens with zero attached hydrogens (tertiary/aromatic N) is 4. The SMILES string of the molecule is O=C1C[C@H](O)C[C@H](/C=C/n2c(-c3ccccc3)nc(-c3ccncn3)c2-c2ccc(F)cc2)O1. The summed E-state index contributed by atoms with van der Waals surface area (Å²) in [7, 11) is 0. The molecule has 4 aromatic rings. The van der Waals surface area contributed by atoms with Gasteiger partial charge in [0.25, 0.3) is 0 Å². The molecule has 0 unspecified atom stereocenters. The van der Waals surface area contributed by atoms with Crippen LogP contribution in [0.2, 0.25) is 0 Å². The molecule has 0 aliphatic carbocycles. The zero-order valence-corrected chi connectivity index (χ0v) is 18.1. The van der Waals surface area contributed by atoms with Gasteiger partial charge in [-0.15, -0.1) is 0 Å². The third-order valence-electron chi connectivity index (χ3n) is 5.52. The van der Waals surface area contributed by atoms with Gasteiger partial charge in [0.2, 0.25) is 0 Å². The molecule has 34 heavy (non-hydrogen) atoms. The Morgan fingerprint density at radius 2 is 1.85 bits per heavy atom. The highest BCUT2D eigenvalue weighted by molar-refractivity contribution is 5.82. The number of halogens is 1. The molecule has 1 fully saturated rings. The van der Waals surface area contributed by atoms with Crippen molar-refractivity contribution >= 4 is 12.2 Å². The Morgan fingerprint density at radius 3 is 2.56 bits per heavy atom. The van der Waals surface area contributed by atoms with Gasteiger partial charge >= 0.3 is 5.97 Å². The number of aliphatic hydroxyl groups excluding tert-OH is 1. The van der Waals surface area contributed by atoms with Gasteiger partial charge in [-0.3, -0.25) is 9.36 Å². The van der Waals surface area contributed by atoms with E-state index in [4.69, 9.17) is 9.72 Å². The number of imidazole rings is 1. The van der Waals surface area contributed by atoms with Gasteiger partial charge in [0, 0.05) is 29.9 Å². The van der Waals surface area contributed by atoms with E-state index in [2.05, 4.69) is 9.97 Å². The number of benzene rings is 2. The third-order valence-corrected chi connectivity index (χ3v) is 5.52. The number of hydrogen-bond donors (Lipinski definition) is 1. The fraction of sp³-hybridized carbons (Fsp3) is 0.154. The Bertz CT molecular complexity index is 1320. The maximum absolute atomic E-state index is 13.7. The standard InChI is InChI=1S/C26H21FN4O3/c27-19-8-6-17(7-9-19)25-24(22-10-12-28-16-29-22)30-26(18-4-2-1-3-5-18)31(25)13-11-21-14-20(32)15-23(33)34-21/h1-13,16,20-21,32H,14-15H2/b13-11+/t20-,21+/m1/s1. The molecule has 0 amide bonds. The molecular weight excluding hydrogens is 435 g/mol. The van der Waals surface area contributed by atoms with Crippen LogP contribution in [0.1, 0.15) is 12.8 Å². The minimum absolute atomic E-state index is 0.0105. The minimum Gasteiger partial charge on any atom is -0.458 e. The van der Waals surface area contributed by atoms with Crippen LogP contribution in [-0.4, -0.2) is 42.8 Å². The summed E-state index contributed by atoms with van der Waals surface area (Å²) in [6.45, 7) is 0. The smallest absolute Gasteiger partial charge is 0.309 e. The average molecular weight is 456 g/mol. The molecule has 3 heterocycles. The number of ether oxygens (including phenoxy) is 1. The van der Waals surface area contributed by atoms with Crippen molar-refractivity contribution in [3.63, 3.8) is 0 Å². The quantitative estimate of drug-likeness (QED) is 0.449. The first-order valence-electron chi connectivity index (χ1n) is 10.8. The molecule has 0 saturated carbocycles. The van der Waals surface area contributed by atoms with Gasteiger partial charge in [-0.25, -0.2) is 19.3 Å². The maximum Gasteiger partial charge on any atom is 0.309 e. The molecule has 7 nitrogen and oxygen atoms in total. The van der Waals surface area contributed by atoms with Crippen molar-refractivity contribution in [2.75, 3.05) is 0 Å². The Balaban J connectivity index is 1.71. The van der Waals surface area contributed by atoms with E-state index in [-0.39, 0.29) is 12.2 Å². The minimum atomic E-state index is -0.750. The maximum atomic E-state index is 13.7. The van der Waals surface area contributed by atoms with Gasteiger partial charge in [0.15, 0.2) is 0 Å². The normalized spacial score (nSPS) is 18.2. The molecule has 2 atom stereocenters. The number of hydrogen-bond acceptors (Lipinski definition) is 6. The van der Waals surface area contributed by atoms with Crippen LogP contribution >= 0.6 is 0 Å². The van der Waals surface area contributed by atoms with Crippen molar-refractivity contribution in [2.24, 2.45) is 0 Å². The van der Waals surface area contributed by atoms with Crippen LogP contribution in [0.4, 0.5) is 4.39 Å². The van der Waals surface area contributed by atoms with Gasteiger partial charge in [-0.05, 0) is 36.4 Å². The molecule has 0 bridgehead atoms. The van der Waals surface area contributed by atoms with E-state index in [0.717, 1.165) is 11.1 Å². The number of aliphatic hydroxyl groups is 1. The fourth-order valence-corrected chi connectivity index (χ4v) is 3.97. The molecule has 2 aromatic carbocycles. The summed E-state index contributed by atoms with van der Waals surface area (Å²) >= 11 is 0. The predicted octanol–water partition coefficient (Wildman–Crippen LogP) is 4.35. The lowest BCUT2D eigenvalue weighted by Crippen LogP contribution is -2.31. The molecule has 8 heteroatoms. The lowest BCUT2D eigenvalue weighted by Gasteiger charge is -2.23. The van der Waals surface area contributed by atoms with Gasteiger partial charge < -0.3 is 9.84 Å². The molecule has 0 radical (unpaired) electrons. The summed E-state index contributed by atoms with van der Waals surface area (Å²) in [6.07, 6.45) is 5.55. The number of rotatable bonds is 5. The Kier molecular flexibility index (Phi) is 5.97. The molecule has 1 aliphatic rings. The first kappa shape index (κ1) is 21.7. The van der Waals surface area contributed by atoms with Crippen LogP contribution in [0.3, 0.4) is 0 Å². The van der Waals surface area contributed by atoms with Crippen molar-refractivity contribution in [3.05, 3.63) is 85.1 Å². The summed E-state index contributed by atoms with van der Waals surface area (Å²) in [5.41, 5.74) is 3.49. The average Bonchev–Trinajstić information content (AvgIpc) is 3.23. The topological polar surface area (TPSA) is 90.1 Å². The lowest BCUT2D eigenvalue weighted by atomic mass is 10.1. The Labute approximate surface area is 195 Å². The van der Waals surface area contributed by atoms with E-state index in [0.29, 0.717) is 29.3 Å². The van der Waals surface area contributed by atoms with Crippen molar-refractivity contribution in [2.45, 2.75) is 25.0 Å². The highest BCUT2D eigenvalue weighted by atomic mass is 19.1. The number of carbonyl (C=O) groups excluding carboxylic acids is 1. The molecular formula is C26H21FN4O3. The largest absolute Gasteiger partial charge is 0.458 e. The highest BCUT2D eigenvalue weighted by Crippen LogP contribution is 2.36. The molecule has 170 valence electrons. The monoisotopic (exact) mass is 456 g/mol. The second-order valence-corrected chi connectivity index (χ2v) is 7.93. The summed E-state index contributed by atoms with van der Waals surface area (Å²) in [5.74, 6) is -0.157. The summed E-state index contributed by atoms with van der Waals surface area (Å²) in [5, 5.41) is 9.99. The van der Waals surface area contributed by atoms with Crippen molar-refractivity contribution < 1.29 is 19.0 Å². The van der Waals surface area contributed by atoms with E-state index in [9.17, 15) is 14.3 Å². The van der Waals surface area contributed by atoms with Crippen LogP contribution in [0.5, 0.6) is 0 Å². The first-order valence-corrected chi connectivity index (χ1v) is 10.8. The zero-order valence-electron chi connectivity index (χ0n) is 18.1. The van der Waals surface area contributed by atoms with Crippen LogP contribution in [0, 0.1) is 5.82 Å². The third kappa shape index (κ3) is 4.49. The van der Waals surface area contributed by atoms with E-state index in [1.54, 1.807) is 36.7 Å². The summed E-state index contributed by atoms with van der Waals surface area (Å²) in [4.78, 5) is 25.1. The second-order valence-electron chi connectivity index (χ2n) is 7.93. The molecule has 2 aromatic heterocycles. The molecule has 0 spiro atoms. The first-order chi connectivity index (χ1) is 16.6. The van der Waals surface area contributed by atoms with Crippen LogP contribution in [-0.2, 0) is 9.53 Å². The zero-order chi connectivity index (χ0) is 23.5. The number of aromatic nitrogens is 4. The van der Waals surface area contributed by atoms with Gasteiger partial charge in [-0.2, -0.15) is 0 Å². The highest BCUT2D eigenvalue weighted by Gasteiger charge is 2.26. The number of cyclic esters (lactones) is 1. The van der Waals surface area contributed by atoms with E-state index < -0.39 is 18.2 Å².